The van der Waals surface area contributed by atoms with Gasteiger partial charge in [0.25, 0.3) is 0 Å². The number of aliphatic imine (C=N–C) groups is 1. The molecule has 0 spiro atoms. The molecule has 0 fully saturated rings. The molecule has 0 saturated heterocycles. The van der Waals surface area contributed by atoms with Gasteiger partial charge in [0.2, 0.25) is 0 Å². The van der Waals surface area contributed by atoms with Crippen LogP contribution in [0.3, 0.4) is 0 Å². The third-order valence-electron chi connectivity index (χ3n) is 4.92. The van der Waals surface area contributed by atoms with Crippen LogP contribution in [-0.4, -0.2) is 32.7 Å². The Morgan fingerprint density at radius 1 is 1.00 bits per heavy atom. The number of hydrogen-bond donors (Lipinski definition) is 0. The zero-order chi connectivity index (χ0) is 24.1. The van der Waals surface area contributed by atoms with Gasteiger partial charge in [0.15, 0.2) is 0 Å². The third kappa shape index (κ3) is 5.43. The van der Waals surface area contributed by atoms with Gasteiger partial charge in [-0.1, -0.05) is 30.3 Å². The smallest absolute Gasteiger partial charge is 0.435 e. The standard InChI is InChI=1S/C27H25FN4O2/c1-27(2,3)34-26(33)32-23(18-30-17-19-7-5-4-6-8-19)24(20-13-15-29-16-14-20)25(31-32)21-9-11-22(28)12-10-21/h4-17H,18H2,1-3H3/b30-17+. The molecule has 6 nitrogen and oxygen atoms in total. The number of aromatic nitrogens is 3. The molecule has 0 aliphatic carbocycles. The number of carbonyl (C=O) groups excluding carboxylic acids is 1. The van der Waals surface area contributed by atoms with E-state index in [9.17, 15) is 9.18 Å². The van der Waals surface area contributed by atoms with E-state index in [1.165, 1.54) is 16.8 Å². The molecule has 4 aromatic rings. The Morgan fingerprint density at radius 2 is 1.68 bits per heavy atom. The van der Waals surface area contributed by atoms with Crippen molar-refractivity contribution in [3.05, 3.63) is 96.2 Å². The summed E-state index contributed by atoms with van der Waals surface area (Å²) in [5, 5.41) is 4.62. The van der Waals surface area contributed by atoms with Crippen LogP contribution < -0.4 is 0 Å². The summed E-state index contributed by atoms with van der Waals surface area (Å²) in [6.45, 7) is 5.57. The zero-order valence-corrected chi connectivity index (χ0v) is 19.3. The molecule has 2 aromatic carbocycles. The van der Waals surface area contributed by atoms with Crippen molar-refractivity contribution in [1.29, 1.82) is 0 Å². The average Bonchev–Trinajstić information content (AvgIpc) is 3.19. The molecule has 0 N–H and O–H groups in total. The lowest BCUT2D eigenvalue weighted by Gasteiger charge is -2.19. The van der Waals surface area contributed by atoms with Crippen molar-refractivity contribution in [2.45, 2.75) is 32.9 Å². The van der Waals surface area contributed by atoms with E-state index in [2.05, 4.69) is 15.1 Å². The lowest BCUT2D eigenvalue weighted by molar-refractivity contribution is 0.0510. The molecule has 0 aliphatic heterocycles. The predicted molar refractivity (Wildman–Crippen MR) is 130 cm³/mol. The summed E-state index contributed by atoms with van der Waals surface area (Å²) < 4.78 is 20.5. The van der Waals surface area contributed by atoms with Crippen LogP contribution in [0.1, 0.15) is 32.0 Å². The van der Waals surface area contributed by atoms with Gasteiger partial charge >= 0.3 is 6.09 Å². The highest BCUT2D eigenvalue weighted by atomic mass is 19.1. The van der Waals surface area contributed by atoms with Crippen molar-refractivity contribution in [2.24, 2.45) is 4.99 Å². The van der Waals surface area contributed by atoms with Gasteiger partial charge in [-0.05, 0) is 68.3 Å². The Hall–Kier alpha value is -4.13. The van der Waals surface area contributed by atoms with Gasteiger partial charge in [0.05, 0.1) is 12.2 Å². The average molecular weight is 457 g/mol. The Bertz CT molecular complexity index is 1290. The molecule has 2 heterocycles. The molecule has 172 valence electrons. The van der Waals surface area contributed by atoms with Crippen molar-refractivity contribution in [3.8, 4) is 22.4 Å². The lowest BCUT2D eigenvalue weighted by atomic mass is 9.99. The van der Waals surface area contributed by atoms with Gasteiger partial charge in [0, 0.05) is 29.7 Å². The Labute approximate surface area is 197 Å². The first-order chi connectivity index (χ1) is 16.3. The maximum atomic E-state index is 13.6. The van der Waals surface area contributed by atoms with E-state index in [1.807, 2.05) is 42.5 Å². The van der Waals surface area contributed by atoms with E-state index < -0.39 is 11.7 Å². The van der Waals surface area contributed by atoms with Gasteiger partial charge in [-0.15, -0.1) is 0 Å². The molecule has 0 unspecified atom stereocenters. The Balaban J connectivity index is 1.88. The third-order valence-corrected chi connectivity index (χ3v) is 4.92. The summed E-state index contributed by atoms with van der Waals surface area (Å²) in [4.78, 5) is 21.8. The van der Waals surface area contributed by atoms with E-state index in [4.69, 9.17) is 4.74 Å². The number of pyridine rings is 1. The number of nitrogens with zero attached hydrogens (tertiary/aromatic N) is 4. The molecule has 0 bridgehead atoms. The van der Waals surface area contributed by atoms with Crippen LogP contribution in [-0.2, 0) is 11.3 Å². The number of rotatable bonds is 5. The fourth-order valence-electron chi connectivity index (χ4n) is 3.46. The van der Waals surface area contributed by atoms with Crippen molar-refractivity contribution in [1.82, 2.24) is 14.8 Å². The largest absolute Gasteiger partial charge is 0.442 e. The van der Waals surface area contributed by atoms with E-state index in [0.29, 0.717) is 22.5 Å². The molecule has 2 aromatic heterocycles. The van der Waals surface area contributed by atoms with E-state index in [0.717, 1.165) is 11.1 Å². The minimum atomic E-state index is -0.708. The molecule has 0 saturated carbocycles. The highest BCUT2D eigenvalue weighted by Crippen LogP contribution is 2.35. The minimum absolute atomic E-state index is 0.181. The second-order valence-corrected chi connectivity index (χ2v) is 8.69. The van der Waals surface area contributed by atoms with E-state index in [-0.39, 0.29) is 12.4 Å². The maximum absolute atomic E-state index is 13.6. The highest BCUT2D eigenvalue weighted by Gasteiger charge is 2.27. The highest BCUT2D eigenvalue weighted by molar-refractivity contribution is 5.86. The van der Waals surface area contributed by atoms with Crippen molar-refractivity contribution < 1.29 is 13.9 Å². The van der Waals surface area contributed by atoms with Gasteiger partial charge in [-0.3, -0.25) is 9.98 Å². The van der Waals surface area contributed by atoms with Crippen LogP contribution in [0.15, 0.2) is 84.1 Å². The number of benzene rings is 2. The van der Waals surface area contributed by atoms with Crippen LogP contribution in [0, 0.1) is 5.82 Å². The van der Waals surface area contributed by atoms with Crippen LogP contribution in [0.5, 0.6) is 0 Å². The molecular formula is C27H25FN4O2. The van der Waals surface area contributed by atoms with Gasteiger partial charge in [-0.25, -0.2) is 9.18 Å². The lowest BCUT2D eigenvalue weighted by Crippen LogP contribution is -2.28. The Kier molecular flexibility index (Phi) is 6.63. The normalized spacial score (nSPS) is 11.6. The molecule has 7 heteroatoms. The summed E-state index contributed by atoms with van der Waals surface area (Å²) >= 11 is 0. The second kappa shape index (κ2) is 9.79. The van der Waals surface area contributed by atoms with E-state index >= 15 is 0 Å². The number of hydrogen-bond acceptors (Lipinski definition) is 5. The first-order valence-corrected chi connectivity index (χ1v) is 10.9. The van der Waals surface area contributed by atoms with Crippen molar-refractivity contribution in [2.75, 3.05) is 0 Å². The fraction of sp³-hybridized carbons (Fsp3) is 0.185. The molecule has 0 radical (unpaired) electrons. The summed E-state index contributed by atoms with van der Waals surface area (Å²) in [5.74, 6) is -0.353. The molecule has 0 atom stereocenters. The van der Waals surface area contributed by atoms with Gasteiger partial charge in [0.1, 0.15) is 17.1 Å². The predicted octanol–water partition coefficient (Wildman–Crippen LogP) is 6.15. The van der Waals surface area contributed by atoms with Crippen LogP contribution in [0.25, 0.3) is 22.4 Å². The zero-order valence-electron chi connectivity index (χ0n) is 19.3. The van der Waals surface area contributed by atoms with E-state index in [1.54, 1.807) is 51.5 Å². The van der Waals surface area contributed by atoms with Crippen LogP contribution >= 0.6 is 0 Å². The second-order valence-electron chi connectivity index (χ2n) is 8.69. The SMILES string of the molecule is CC(C)(C)OC(=O)n1nc(-c2ccc(F)cc2)c(-c2ccncc2)c1C/N=C/c1ccccc1. The summed E-state index contributed by atoms with van der Waals surface area (Å²) in [5.41, 5.74) is 3.52. The first-order valence-electron chi connectivity index (χ1n) is 10.9. The van der Waals surface area contributed by atoms with Gasteiger partial charge < -0.3 is 4.74 Å². The Morgan fingerprint density at radius 3 is 2.32 bits per heavy atom. The maximum Gasteiger partial charge on any atom is 0.435 e. The van der Waals surface area contributed by atoms with Gasteiger partial charge in [-0.2, -0.15) is 9.78 Å². The summed E-state index contributed by atoms with van der Waals surface area (Å²) in [6, 6.07) is 19.4. The molecule has 0 aliphatic rings. The number of carbonyl (C=O) groups is 1. The van der Waals surface area contributed by atoms with Crippen LogP contribution in [0.2, 0.25) is 0 Å². The summed E-state index contributed by atoms with van der Waals surface area (Å²) in [6.07, 6.45) is 4.48. The first kappa shape index (κ1) is 23.0. The quantitative estimate of drug-likeness (QED) is 0.338. The van der Waals surface area contributed by atoms with Crippen molar-refractivity contribution >= 4 is 12.3 Å². The van der Waals surface area contributed by atoms with Crippen molar-refractivity contribution in [3.63, 3.8) is 0 Å². The molecule has 0 amide bonds. The summed E-state index contributed by atoms with van der Waals surface area (Å²) in [7, 11) is 0. The molecule has 34 heavy (non-hydrogen) atoms. The van der Waals surface area contributed by atoms with Crippen LogP contribution in [0.4, 0.5) is 9.18 Å². The minimum Gasteiger partial charge on any atom is -0.442 e. The topological polar surface area (TPSA) is 69.4 Å². The number of ether oxygens (including phenoxy) is 1. The monoisotopic (exact) mass is 456 g/mol. The number of halogens is 1. The molecular weight excluding hydrogens is 431 g/mol. The fourth-order valence-corrected chi connectivity index (χ4v) is 3.46. The molecule has 4 rings (SSSR count).